The Kier molecular flexibility index (Phi) is 6.79. The molecule has 126 valence electrons. The van der Waals surface area contributed by atoms with Crippen LogP contribution in [0.2, 0.25) is 0 Å². The number of H-pyrrole nitrogens is 1. The SMILES string of the molecule is CC(C)CCSCC(=O)Nc1nc(Cc2n[nH]c(=S)n2C)cs1. The minimum Gasteiger partial charge on any atom is -0.307 e. The zero-order chi connectivity index (χ0) is 16.8. The molecular weight excluding hydrogens is 350 g/mol. The summed E-state index contributed by atoms with van der Waals surface area (Å²) in [6.07, 6.45) is 1.71. The van der Waals surface area contributed by atoms with Gasteiger partial charge in [0.2, 0.25) is 5.91 Å². The average Bonchev–Trinajstić information content (AvgIpc) is 3.05. The number of hydrogen-bond donors (Lipinski definition) is 2. The Labute approximate surface area is 149 Å². The van der Waals surface area contributed by atoms with E-state index < -0.39 is 0 Å². The third-order valence-electron chi connectivity index (χ3n) is 3.18. The number of nitrogens with one attached hydrogen (secondary N) is 2. The number of anilines is 1. The van der Waals surface area contributed by atoms with Gasteiger partial charge >= 0.3 is 0 Å². The van der Waals surface area contributed by atoms with Crippen molar-refractivity contribution in [2.45, 2.75) is 26.7 Å². The molecule has 0 unspecified atom stereocenters. The van der Waals surface area contributed by atoms with Crippen molar-refractivity contribution in [1.29, 1.82) is 0 Å². The summed E-state index contributed by atoms with van der Waals surface area (Å²) in [7, 11) is 1.87. The van der Waals surface area contributed by atoms with Crippen LogP contribution in [0.4, 0.5) is 5.13 Å². The second-order valence-electron chi connectivity index (χ2n) is 5.61. The molecule has 0 aliphatic carbocycles. The molecule has 23 heavy (non-hydrogen) atoms. The lowest BCUT2D eigenvalue weighted by Gasteiger charge is -2.04. The first kappa shape index (κ1) is 18.2. The van der Waals surface area contributed by atoms with Gasteiger partial charge in [-0.1, -0.05) is 13.8 Å². The van der Waals surface area contributed by atoms with Crippen LogP contribution in [-0.2, 0) is 18.3 Å². The normalized spacial score (nSPS) is 11.1. The maximum atomic E-state index is 11.9. The molecule has 2 aromatic heterocycles. The highest BCUT2D eigenvalue weighted by Gasteiger charge is 2.10. The molecule has 0 radical (unpaired) electrons. The van der Waals surface area contributed by atoms with E-state index in [1.165, 1.54) is 11.3 Å². The van der Waals surface area contributed by atoms with Gasteiger partial charge in [0.15, 0.2) is 9.90 Å². The van der Waals surface area contributed by atoms with Gasteiger partial charge in [-0.25, -0.2) is 4.98 Å². The van der Waals surface area contributed by atoms with Crippen molar-refractivity contribution >= 4 is 46.4 Å². The third-order valence-corrected chi connectivity index (χ3v) is 5.34. The first-order valence-electron chi connectivity index (χ1n) is 7.38. The number of aromatic amines is 1. The van der Waals surface area contributed by atoms with E-state index in [-0.39, 0.29) is 5.91 Å². The fraction of sp³-hybridized carbons (Fsp3) is 0.571. The van der Waals surface area contributed by atoms with Crippen molar-refractivity contribution < 1.29 is 4.79 Å². The Balaban J connectivity index is 1.81. The second kappa shape index (κ2) is 8.60. The van der Waals surface area contributed by atoms with Crippen LogP contribution in [0.25, 0.3) is 0 Å². The van der Waals surface area contributed by atoms with E-state index in [1.54, 1.807) is 11.8 Å². The molecule has 0 aromatic carbocycles. The van der Waals surface area contributed by atoms with E-state index in [1.807, 2.05) is 17.0 Å². The molecule has 9 heteroatoms. The summed E-state index contributed by atoms with van der Waals surface area (Å²) >= 11 is 8.17. The van der Waals surface area contributed by atoms with Gasteiger partial charge < -0.3 is 9.88 Å². The van der Waals surface area contributed by atoms with Gasteiger partial charge in [-0.05, 0) is 30.3 Å². The molecule has 0 atom stereocenters. The van der Waals surface area contributed by atoms with Gasteiger partial charge in [0, 0.05) is 12.4 Å². The van der Waals surface area contributed by atoms with Crippen molar-refractivity contribution in [1.82, 2.24) is 19.7 Å². The number of hydrogen-bond acceptors (Lipinski definition) is 6. The number of amides is 1. The van der Waals surface area contributed by atoms with E-state index in [0.29, 0.717) is 28.0 Å². The Bertz CT molecular complexity index is 703. The molecule has 2 heterocycles. The molecule has 0 aliphatic rings. The summed E-state index contributed by atoms with van der Waals surface area (Å²) in [5.74, 6) is 2.97. The number of thioether (sulfide) groups is 1. The first-order valence-corrected chi connectivity index (χ1v) is 9.82. The van der Waals surface area contributed by atoms with Crippen LogP contribution < -0.4 is 5.32 Å². The largest absolute Gasteiger partial charge is 0.307 e. The predicted molar refractivity (Wildman–Crippen MR) is 98.7 cm³/mol. The third kappa shape index (κ3) is 5.74. The lowest BCUT2D eigenvalue weighted by Crippen LogP contribution is -2.14. The van der Waals surface area contributed by atoms with Gasteiger partial charge in [-0.15, -0.1) is 11.3 Å². The van der Waals surface area contributed by atoms with Gasteiger partial charge in [0.1, 0.15) is 5.82 Å². The number of carbonyl (C=O) groups excluding carboxylic acids is 1. The van der Waals surface area contributed by atoms with Gasteiger partial charge in [-0.2, -0.15) is 16.9 Å². The topological polar surface area (TPSA) is 75.6 Å². The number of nitrogens with zero attached hydrogens (tertiary/aromatic N) is 3. The minimum absolute atomic E-state index is 0.00201. The molecule has 0 spiro atoms. The quantitative estimate of drug-likeness (QED) is 0.550. The van der Waals surface area contributed by atoms with Crippen LogP contribution in [0.1, 0.15) is 31.8 Å². The summed E-state index contributed by atoms with van der Waals surface area (Å²) in [5, 5.41) is 12.3. The molecule has 2 aromatic rings. The lowest BCUT2D eigenvalue weighted by atomic mass is 10.2. The summed E-state index contributed by atoms with van der Waals surface area (Å²) in [5.41, 5.74) is 0.870. The van der Waals surface area contributed by atoms with Crippen molar-refractivity contribution in [2.24, 2.45) is 13.0 Å². The van der Waals surface area contributed by atoms with Crippen LogP contribution >= 0.6 is 35.3 Å². The van der Waals surface area contributed by atoms with Crippen LogP contribution in [0, 0.1) is 10.7 Å². The Morgan fingerprint density at radius 1 is 1.57 bits per heavy atom. The Morgan fingerprint density at radius 2 is 2.35 bits per heavy atom. The molecule has 0 saturated carbocycles. The Morgan fingerprint density at radius 3 is 3.00 bits per heavy atom. The first-order chi connectivity index (χ1) is 11.0. The fourth-order valence-corrected chi connectivity index (χ4v) is 3.70. The molecule has 2 N–H and O–H groups in total. The van der Waals surface area contributed by atoms with Crippen molar-refractivity contribution in [3.8, 4) is 0 Å². The summed E-state index contributed by atoms with van der Waals surface area (Å²) in [6.45, 7) is 4.37. The minimum atomic E-state index is -0.00201. The summed E-state index contributed by atoms with van der Waals surface area (Å²) in [4.78, 5) is 16.3. The fourth-order valence-electron chi connectivity index (χ4n) is 1.78. The molecule has 0 aliphatic heterocycles. The van der Waals surface area contributed by atoms with Crippen LogP contribution in [0.15, 0.2) is 5.38 Å². The van der Waals surface area contributed by atoms with Crippen LogP contribution in [0.5, 0.6) is 0 Å². The molecule has 0 bridgehead atoms. The highest BCUT2D eigenvalue weighted by molar-refractivity contribution is 7.99. The van der Waals surface area contributed by atoms with Gasteiger partial charge in [-0.3, -0.25) is 9.89 Å². The maximum Gasteiger partial charge on any atom is 0.236 e. The molecule has 6 nitrogen and oxygen atoms in total. The molecule has 2 rings (SSSR count). The zero-order valence-electron chi connectivity index (χ0n) is 13.5. The van der Waals surface area contributed by atoms with Crippen LogP contribution in [0.3, 0.4) is 0 Å². The van der Waals surface area contributed by atoms with E-state index in [2.05, 4.69) is 34.3 Å². The van der Waals surface area contributed by atoms with Gasteiger partial charge in [0.05, 0.1) is 17.9 Å². The summed E-state index contributed by atoms with van der Waals surface area (Å²) < 4.78 is 2.40. The van der Waals surface area contributed by atoms with E-state index in [9.17, 15) is 4.79 Å². The molecule has 0 fully saturated rings. The molecule has 1 amide bonds. The second-order valence-corrected chi connectivity index (χ2v) is 7.96. The molecule has 0 saturated heterocycles. The van der Waals surface area contributed by atoms with E-state index in [0.717, 1.165) is 23.7 Å². The van der Waals surface area contributed by atoms with Crippen molar-refractivity contribution in [2.75, 3.05) is 16.8 Å². The van der Waals surface area contributed by atoms with E-state index in [4.69, 9.17) is 12.2 Å². The van der Waals surface area contributed by atoms with Crippen molar-refractivity contribution in [3.05, 3.63) is 21.7 Å². The number of aromatic nitrogens is 4. The van der Waals surface area contributed by atoms with Crippen molar-refractivity contribution in [3.63, 3.8) is 0 Å². The highest BCUT2D eigenvalue weighted by atomic mass is 32.2. The number of thiazole rings is 1. The van der Waals surface area contributed by atoms with E-state index >= 15 is 0 Å². The van der Waals surface area contributed by atoms with Gasteiger partial charge in [0.25, 0.3) is 0 Å². The van der Waals surface area contributed by atoms with Crippen LogP contribution in [-0.4, -0.2) is 37.2 Å². The summed E-state index contributed by atoms with van der Waals surface area (Å²) in [6, 6.07) is 0. The monoisotopic (exact) mass is 371 g/mol. The smallest absolute Gasteiger partial charge is 0.236 e. The average molecular weight is 372 g/mol. The maximum absolute atomic E-state index is 11.9. The Hall–Kier alpha value is -1.19. The zero-order valence-corrected chi connectivity index (χ0v) is 15.9. The number of rotatable bonds is 8. The molecular formula is C14H21N5OS3. The lowest BCUT2D eigenvalue weighted by molar-refractivity contribution is -0.113. The standard InChI is InChI=1S/C14H21N5OS3/c1-9(2)4-5-22-8-12(20)16-13-15-10(7-23-13)6-11-17-18-14(21)19(11)3/h7,9H,4-6,8H2,1-3H3,(H,18,21)(H,15,16,20). The highest BCUT2D eigenvalue weighted by Crippen LogP contribution is 2.18. The number of carbonyl (C=O) groups is 1. The predicted octanol–water partition coefficient (Wildman–Crippen LogP) is 3.24.